The molecule has 3 rings (SSSR count). The highest BCUT2D eigenvalue weighted by molar-refractivity contribution is 5.90. The Morgan fingerprint density at radius 3 is 3.05 bits per heavy atom. The van der Waals surface area contributed by atoms with E-state index < -0.39 is 0 Å². The Bertz CT molecular complexity index is 478. The third kappa shape index (κ3) is 3.41. The van der Waals surface area contributed by atoms with Crippen molar-refractivity contribution in [3.05, 3.63) is 11.7 Å². The van der Waals surface area contributed by atoms with Crippen LogP contribution in [0.25, 0.3) is 0 Å². The van der Waals surface area contributed by atoms with Crippen molar-refractivity contribution in [3.63, 3.8) is 0 Å². The number of hydrogen-bond acceptors (Lipinski definition) is 6. The van der Waals surface area contributed by atoms with Gasteiger partial charge in [0.15, 0.2) is 0 Å². The van der Waals surface area contributed by atoms with Crippen LogP contribution in [-0.4, -0.2) is 54.3 Å². The van der Waals surface area contributed by atoms with E-state index in [1.807, 2.05) is 0 Å². The van der Waals surface area contributed by atoms with E-state index in [1.54, 1.807) is 11.9 Å². The molecule has 0 saturated carbocycles. The van der Waals surface area contributed by atoms with E-state index in [9.17, 15) is 4.79 Å². The zero-order valence-electron chi connectivity index (χ0n) is 12.4. The van der Waals surface area contributed by atoms with Crippen molar-refractivity contribution < 1.29 is 14.1 Å². The Balaban J connectivity index is 1.58. The van der Waals surface area contributed by atoms with Gasteiger partial charge in [-0.25, -0.2) is 0 Å². The van der Waals surface area contributed by atoms with E-state index in [2.05, 4.69) is 15.5 Å². The number of nitrogens with zero attached hydrogens (tertiary/aromatic N) is 3. The molecule has 2 atom stereocenters. The molecule has 21 heavy (non-hydrogen) atoms. The number of ether oxygens (including phenoxy) is 1. The quantitative estimate of drug-likeness (QED) is 0.892. The van der Waals surface area contributed by atoms with Gasteiger partial charge in [-0.1, -0.05) is 5.16 Å². The van der Waals surface area contributed by atoms with Gasteiger partial charge in [0, 0.05) is 20.2 Å². The fourth-order valence-corrected chi connectivity index (χ4v) is 2.95. The molecule has 0 radical (unpaired) electrons. The van der Waals surface area contributed by atoms with Gasteiger partial charge in [-0.2, -0.15) is 4.98 Å². The Morgan fingerprint density at radius 2 is 2.33 bits per heavy atom. The number of hydrogen-bond donors (Lipinski definition) is 1. The zero-order valence-corrected chi connectivity index (χ0v) is 12.4. The highest BCUT2D eigenvalue weighted by Gasteiger charge is 2.26. The SMILES string of the molecule is CN(CC1CCCOC1)C(=O)c1noc(C2CCCN2)n1. The topological polar surface area (TPSA) is 80.5 Å². The highest BCUT2D eigenvalue weighted by Crippen LogP contribution is 2.21. The summed E-state index contributed by atoms with van der Waals surface area (Å²) >= 11 is 0. The van der Waals surface area contributed by atoms with Gasteiger partial charge in [-0.05, 0) is 38.1 Å². The van der Waals surface area contributed by atoms with E-state index in [1.165, 1.54) is 0 Å². The lowest BCUT2D eigenvalue weighted by atomic mass is 10.0. The molecule has 1 amide bonds. The third-order valence-corrected chi connectivity index (χ3v) is 4.12. The van der Waals surface area contributed by atoms with Crippen molar-refractivity contribution >= 4 is 5.91 Å². The Hall–Kier alpha value is -1.47. The van der Waals surface area contributed by atoms with Gasteiger partial charge in [-0.3, -0.25) is 4.79 Å². The van der Waals surface area contributed by atoms with Crippen LogP contribution in [0, 0.1) is 5.92 Å². The molecule has 116 valence electrons. The first kappa shape index (κ1) is 14.5. The summed E-state index contributed by atoms with van der Waals surface area (Å²) in [7, 11) is 1.78. The molecule has 3 heterocycles. The monoisotopic (exact) mass is 294 g/mol. The zero-order chi connectivity index (χ0) is 14.7. The van der Waals surface area contributed by atoms with Crippen LogP contribution >= 0.6 is 0 Å². The van der Waals surface area contributed by atoms with Gasteiger partial charge in [-0.15, -0.1) is 0 Å². The van der Waals surface area contributed by atoms with Gasteiger partial charge in [0.2, 0.25) is 5.89 Å². The van der Waals surface area contributed by atoms with Gasteiger partial charge < -0.3 is 19.5 Å². The molecule has 0 aromatic carbocycles. The third-order valence-electron chi connectivity index (χ3n) is 4.12. The maximum atomic E-state index is 12.3. The number of carbonyl (C=O) groups is 1. The van der Waals surface area contributed by atoms with Gasteiger partial charge in [0.05, 0.1) is 12.6 Å². The lowest BCUT2D eigenvalue weighted by Crippen LogP contribution is -2.35. The molecule has 2 fully saturated rings. The molecular formula is C14H22N4O3. The molecule has 2 saturated heterocycles. The van der Waals surface area contributed by atoms with E-state index in [0.29, 0.717) is 18.4 Å². The molecule has 0 spiro atoms. The number of carbonyl (C=O) groups excluding carboxylic acids is 1. The first-order valence-corrected chi connectivity index (χ1v) is 7.64. The average molecular weight is 294 g/mol. The second kappa shape index (κ2) is 6.53. The maximum absolute atomic E-state index is 12.3. The summed E-state index contributed by atoms with van der Waals surface area (Å²) in [4.78, 5) is 18.2. The molecule has 2 aliphatic heterocycles. The van der Waals surface area contributed by atoms with Gasteiger partial charge in [0.1, 0.15) is 0 Å². The second-order valence-corrected chi connectivity index (χ2v) is 5.87. The van der Waals surface area contributed by atoms with E-state index >= 15 is 0 Å². The van der Waals surface area contributed by atoms with Crippen LogP contribution in [0.15, 0.2) is 4.52 Å². The first-order valence-electron chi connectivity index (χ1n) is 7.64. The van der Waals surface area contributed by atoms with Gasteiger partial charge in [0.25, 0.3) is 11.7 Å². The Morgan fingerprint density at radius 1 is 1.43 bits per heavy atom. The molecule has 7 nitrogen and oxygen atoms in total. The second-order valence-electron chi connectivity index (χ2n) is 5.87. The minimum Gasteiger partial charge on any atom is -0.381 e. The molecule has 0 bridgehead atoms. The Kier molecular flexibility index (Phi) is 4.50. The highest BCUT2D eigenvalue weighted by atomic mass is 16.5. The van der Waals surface area contributed by atoms with Crippen molar-refractivity contribution in [1.29, 1.82) is 0 Å². The van der Waals surface area contributed by atoms with Gasteiger partial charge >= 0.3 is 0 Å². The van der Waals surface area contributed by atoms with Crippen LogP contribution in [-0.2, 0) is 4.74 Å². The molecule has 1 N–H and O–H groups in total. The molecule has 0 aliphatic carbocycles. The summed E-state index contributed by atoms with van der Waals surface area (Å²) in [5.74, 6) is 0.882. The fourth-order valence-electron chi connectivity index (χ4n) is 2.95. The summed E-state index contributed by atoms with van der Waals surface area (Å²) in [5, 5.41) is 7.11. The van der Waals surface area contributed by atoms with Crippen LogP contribution in [0.2, 0.25) is 0 Å². The average Bonchev–Trinajstić information content (AvgIpc) is 3.18. The number of aromatic nitrogens is 2. The largest absolute Gasteiger partial charge is 0.381 e. The summed E-state index contributed by atoms with van der Waals surface area (Å²) in [6.45, 7) is 3.18. The maximum Gasteiger partial charge on any atom is 0.295 e. The summed E-state index contributed by atoms with van der Waals surface area (Å²) < 4.78 is 10.7. The molecule has 2 aliphatic rings. The van der Waals surface area contributed by atoms with Crippen molar-refractivity contribution in [1.82, 2.24) is 20.4 Å². The van der Waals surface area contributed by atoms with Crippen molar-refractivity contribution in [2.45, 2.75) is 31.7 Å². The van der Waals surface area contributed by atoms with Crippen molar-refractivity contribution in [2.75, 3.05) is 33.4 Å². The van der Waals surface area contributed by atoms with Crippen LogP contribution in [0.1, 0.15) is 48.2 Å². The first-order chi connectivity index (χ1) is 10.2. The van der Waals surface area contributed by atoms with Crippen molar-refractivity contribution in [2.24, 2.45) is 5.92 Å². The van der Waals surface area contributed by atoms with Crippen LogP contribution in [0.4, 0.5) is 0 Å². The fraction of sp³-hybridized carbons (Fsp3) is 0.786. The minimum atomic E-state index is -0.187. The molecule has 2 unspecified atom stereocenters. The normalized spacial score (nSPS) is 26.0. The molecule has 1 aromatic heterocycles. The minimum absolute atomic E-state index is 0.0936. The summed E-state index contributed by atoms with van der Waals surface area (Å²) in [6.07, 6.45) is 4.23. The molecule has 1 aromatic rings. The summed E-state index contributed by atoms with van der Waals surface area (Å²) in [6, 6.07) is 0.0936. The lowest BCUT2D eigenvalue weighted by molar-refractivity contribution is 0.0384. The number of amides is 1. The smallest absolute Gasteiger partial charge is 0.295 e. The van der Waals surface area contributed by atoms with Crippen LogP contribution in [0.3, 0.4) is 0 Å². The van der Waals surface area contributed by atoms with Crippen LogP contribution < -0.4 is 5.32 Å². The van der Waals surface area contributed by atoms with E-state index in [-0.39, 0.29) is 17.8 Å². The standard InChI is InChI=1S/C14H22N4O3/c1-18(8-10-4-3-7-20-9-10)14(19)12-16-13(21-17-12)11-5-2-6-15-11/h10-11,15H,2-9H2,1H3. The lowest BCUT2D eigenvalue weighted by Gasteiger charge is -2.26. The molecule has 7 heteroatoms. The van der Waals surface area contributed by atoms with Crippen LogP contribution in [0.5, 0.6) is 0 Å². The predicted molar refractivity (Wildman–Crippen MR) is 74.8 cm³/mol. The van der Waals surface area contributed by atoms with Crippen molar-refractivity contribution in [3.8, 4) is 0 Å². The molecular weight excluding hydrogens is 272 g/mol. The van der Waals surface area contributed by atoms with E-state index in [0.717, 1.165) is 45.4 Å². The summed E-state index contributed by atoms with van der Waals surface area (Å²) in [5.41, 5.74) is 0. The number of rotatable bonds is 4. The number of nitrogens with one attached hydrogen (secondary N) is 1. The Labute approximate surface area is 124 Å². The predicted octanol–water partition coefficient (Wildman–Crippen LogP) is 0.993. The van der Waals surface area contributed by atoms with E-state index in [4.69, 9.17) is 9.26 Å².